The molecule has 4 nitrogen and oxygen atoms in total. The molecule has 0 spiro atoms. The normalized spacial score (nSPS) is 15.1. The van der Waals surface area contributed by atoms with Crippen LogP contribution in [0.15, 0.2) is 18.2 Å². The van der Waals surface area contributed by atoms with E-state index in [9.17, 15) is 9.18 Å². The number of likely N-dealkylation sites (tertiary alicyclic amines) is 1. The molecule has 22 heavy (non-hydrogen) atoms. The number of carbonyl (C=O) groups excluding carboxylic acids is 1. The zero-order chi connectivity index (χ0) is 15.7. The first kappa shape index (κ1) is 15.3. The molecule has 1 aromatic carbocycles. The van der Waals surface area contributed by atoms with Crippen LogP contribution in [-0.2, 0) is 0 Å². The van der Waals surface area contributed by atoms with E-state index in [2.05, 4.69) is 10.2 Å². The summed E-state index contributed by atoms with van der Waals surface area (Å²) in [6.45, 7) is 1.51. The number of hydrogen-bond acceptors (Lipinski definition) is 2. The molecule has 0 bridgehead atoms. The molecule has 0 unspecified atom stereocenters. The second-order valence-corrected chi connectivity index (χ2v) is 6.08. The summed E-state index contributed by atoms with van der Waals surface area (Å²) in [4.78, 5) is 14.2. The molecule has 0 aliphatic carbocycles. The van der Waals surface area contributed by atoms with Gasteiger partial charge in [-0.25, -0.2) is 4.39 Å². The van der Waals surface area contributed by atoms with Crippen LogP contribution in [0.1, 0.15) is 29.8 Å². The van der Waals surface area contributed by atoms with Gasteiger partial charge in [0.25, 0.3) is 5.91 Å². The van der Waals surface area contributed by atoms with E-state index >= 15 is 0 Å². The van der Waals surface area contributed by atoms with Crippen molar-refractivity contribution < 1.29 is 9.18 Å². The summed E-state index contributed by atoms with van der Waals surface area (Å²) in [5.74, 6) is -0.669. The second-order valence-electron chi connectivity index (χ2n) is 5.27. The molecule has 1 saturated heterocycles. The fraction of sp³-hybridized carbons (Fsp3) is 0.333. The standard InChI is InChI=1S/C15H14Cl2FN3O/c16-10-7-11(17)12(18)6-9(10)13-8-14(20-19-13)15(22)21-4-2-1-3-5-21/h6-8H,1-5H2,(H,19,20). The quantitative estimate of drug-likeness (QED) is 0.834. The highest BCUT2D eigenvalue weighted by atomic mass is 35.5. The van der Waals surface area contributed by atoms with Crippen molar-refractivity contribution in [3.63, 3.8) is 0 Å². The highest BCUT2D eigenvalue weighted by molar-refractivity contribution is 6.36. The minimum absolute atomic E-state index is 0.0473. The van der Waals surface area contributed by atoms with Gasteiger partial charge in [0, 0.05) is 18.7 Å². The largest absolute Gasteiger partial charge is 0.337 e. The summed E-state index contributed by atoms with van der Waals surface area (Å²) < 4.78 is 13.6. The highest BCUT2D eigenvalue weighted by Gasteiger charge is 2.21. The Hall–Kier alpha value is -1.59. The minimum atomic E-state index is -0.576. The van der Waals surface area contributed by atoms with E-state index in [0.717, 1.165) is 32.4 Å². The lowest BCUT2D eigenvalue weighted by atomic mass is 10.1. The van der Waals surface area contributed by atoms with E-state index in [1.807, 2.05) is 0 Å². The second kappa shape index (κ2) is 6.26. The Labute approximate surface area is 137 Å². The minimum Gasteiger partial charge on any atom is -0.337 e. The SMILES string of the molecule is O=C(c1cc(-c2cc(F)c(Cl)cc2Cl)n[nH]1)N1CCCCC1. The van der Waals surface area contributed by atoms with Crippen LogP contribution in [0.25, 0.3) is 11.3 Å². The van der Waals surface area contributed by atoms with Crippen LogP contribution in [0.3, 0.4) is 0 Å². The molecule has 0 saturated carbocycles. The molecule has 1 aliphatic rings. The fourth-order valence-corrected chi connectivity index (χ4v) is 3.04. The first-order chi connectivity index (χ1) is 10.6. The van der Waals surface area contributed by atoms with Crippen LogP contribution in [0.2, 0.25) is 10.0 Å². The molecule has 1 N–H and O–H groups in total. The van der Waals surface area contributed by atoms with Gasteiger partial charge in [-0.2, -0.15) is 5.10 Å². The Morgan fingerprint density at radius 2 is 1.86 bits per heavy atom. The van der Waals surface area contributed by atoms with Gasteiger partial charge in [-0.3, -0.25) is 9.89 Å². The molecule has 7 heteroatoms. The first-order valence-electron chi connectivity index (χ1n) is 7.06. The molecule has 2 heterocycles. The van der Waals surface area contributed by atoms with Gasteiger partial charge >= 0.3 is 0 Å². The summed E-state index contributed by atoms with van der Waals surface area (Å²) in [5.41, 5.74) is 1.20. The highest BCUT2D eigenvalue weighted by Crippen LogP contribution is 2.31. The number of benzene rings is 1. The molecular formula is C15H14Cl2FN3O. The third kappa shape index (κ3) is 2.96. The summed E-state index contributed by atoms with van der Waals surface area (Å²) in [6, 6.07) is 4.13. The average molecular weight is 342 g/mol. The van der Waals surface area contributed by atoms with Crippen LogP contribution in [0, 0.1) is 5.82 Å². The molecule has 1 aromatic heterocycles. The van der Waals surface area contributed by atoms with Crippen LogP contribution in [0.4, 0.5) is 4.39 Å². The number of amides is 1. The molecule has 0 atom stereocenters. The van der Waals surface area contributed by atoms with Crippen LogP contribution < -0.4 is 0 Å². The van der Waals surface area contributed by atoms with Crippen molar-refractivity contribution in [3.05, 3.63) is 39.8 Å². The lowest BCUT2D eigenvalue weighted by molar-refractivity contribution is 0.0718. The third-order valence-electron chi connectivity index (χ3n) is 3.74. The maximum atomic E-state index is 13.6. The van der Waals surface area contributed by atoms with Crippen molar-refractivity contribution in [2.24, 2.45) is 0 Å². The van der Waals surface area contributed by atoms with Crippen molar-refractivity contribution in [3.8, 4) is 11.3 Å². The predicted molar refractivity (Wildman–Crippen MR) is 83.8 cm³/mol. The third-order valence-corrected chi connectivity index (χ3v) is 4.34. The molecule has 1 fully saturated rings. The van der Waals surface area contributed by atoms with Crippen molar-refractivity contribution in [2.75, 3.05) is 13.1 Å². The number of aromatic nitrogens is 2. The van der Waals surface area contributed by atoms with Gasteiger partial charge in [0.2, 0.25) is 0 Å². The van der Waals surface area contributed by atoms with Gasteiger partial charge in [0.15, 0.2) is 0 Å². The number of H-pyrrole nitrogens is 1. The zero-order valence-corrected chi connectivity index (χ0v) is 13.2. The Bertz CT molecular complexity index is 711. The molecule has 1 amide bonds. The Morgan fingerprint density at radius 1 is 1.14 bits per heavy atom. The Kier molecular flexibility index (Phi) is 4.36. The summed E-state index contributed by atoms with van der Waals surface area (Å²) in [6.07, 6.45) is 3.18. The van der Waals surface area contributed by atoms with Crippen molar-refractivity contribution in [1.82, 2.24) is 15.1 Å². The fourth-order valence-electron chi connectivity index (χ4n) is 2.56. The average Bonchev–Trinajstić information content (AvgIpc) is 3.00. The molecule has 2 aromatic rings. The van der Waals surface area contributed by atoms with E-state index in [0.29, 0.717) is 17.0 Å². The Morgan fingerprint density at radius 3 is 2.59 bits per heavy atom. The summed E-state index contributed by atoms with van der Waals surface area (Å²) >= 11 is 11.8. The van der Waals surface area contributed by atoms with Gasteiger partial charge in [0.1, 0.15) is 11.5 Å². The summed E-state index contributed by atoms with van der Waals surface area (Å²) in [5, 5.41) is 7.01. The molecule has 3 rings (SSSR count). The van der Waals surface area contributed by atoms with Gasteiger partial charge in [0.05, 0.1) is 15.7 Å². The van der Waals surface area contributed by atoms with Crippen molar-refractivity contribution >= 4 is 29.1 Å². The van der Waals surface area contributed by atoms with E-state index in [-0.39, 0.29) is 16.0 Å². The number of halogens is 3. The monoisotopic (exact) mass is 341 g/mol. The van der Waals surface area contributed by atoms with E-state index in [1.165, 1.54) is 12.1 Å². The number of rotatable bonds is 2. The van der Waals surface area contributed by atoms with E-state index in [1.54, 1.807) is 11.0 Å². The predicted octanol–water partition coefficient (Wildman–Crippen LogP) is 4.15. The van der Waals surface area contributed by atoms with Crippen LogP contribution in [-0.4, -0.2) is 34.1 Å². The number of carbonyl (C=O) groups is 1. The van der Waals surface area contributed by atoms with Crippen molar-refractivity contribution in [1.29, 1.82) is 0 Å². The van der Waals surface area contributed by atoms with Crippen molar-refractivity contribution in [2.45, 2.75) is 19.3 Å². The van der Waals surface area contributed by atoms with E-state index < -0.39 is 5.82 Å². The number of piperidine rings is 1. The number of nitrogens with one attached hydrogen (secondary N) is 1. The lowest BCUT2D eigenvalue weighted by Gasteiger charge is -2.25. The van der Waals surface area contributed by atoms with Crippen LogP contribution >= 0.6 is 23.2 Å². The van der Waals surface area contributed by atoms with Gasteiger partial charge < -0.3 is 4.90 Å². The topological polar surface area (TPSA) is 49.0 Å². The molecule has 0 radical (unpaired) electrons. The smallest absolute Gasteiger partial charge is 0.271 e. The maximum Gasteiger partial charge on any atom is 0.271 e. The van der Waals surface area contributed by atoms with Gasteiger partial charge in [-0.05, 0) is 37.5 Å². The molecule has 116 valence electrons. The number of aromatic amines is 1. The summed E-state index contributed by atoms with van der Waals surface area (Å²) in [7, 11) is 0. The molecule has 1 aliphatic heterocycles. The van der Waals surface area contributed by atoms with Crippen LogP contribution in [0.5, 0.6) is 0 Å². The van der Waals surface area contributed by atoms with Gasteiger partial charge in [-0.1, -0.05) is 23.2 Å². The molecular weight excluding hydrogens is 328 g/mol. The van der Waals surface area contributed by atoms with Gasteiger partial charge in [-0.15, -0.1) is 0 Å². The zero-order valence-electron chi connectivity index (χ0n) is 11.7. The maximum absolute atomic E-state index is 13.6. The lowest BCUT2D eigenvalue weighted by Crippen LogP contribution is -2.35. The van der Waals surface area contributed by atoms with E-state index in [4.69, 9.17) is 23.2 Å². The first-order valence-corrected chi connectivity index (χ1v) is 7.81. The number of hydrogen-bond donors (Lipinski definition) is 1. The Balaban J connectivity index is 1.87. The number of nitrogens with zero attached hydrogens (tertiary/aromatic N) is 2.